The van der Waals surface area contributed by atoms with Gasteiger partial charge in [0, 0.05) is 36.6 Å². The zero-order valence-electron chi connectivity index (χ0n) is 21.1. The van der Waals surface area contributed by atoms with Crippen molar-refractivity contribution in [2.75, 3.05) is 43.6 Å². The molecule has 2 heterocycles. The van der Waals surface area contributed by atoms with Gasteiger partial charge in [-0.2, -0.15) is 4.31 Å². The van der Waals surface area contributed by atoms with Gasteiger partial charge in [0.1, 0.15) is 11.5 Å². The van der Waals surface area contributed by atoms with Crippen molar-refractivity contribution in [3.63, 3.8) is 0 Å². The number of carbonyl (C=O) groups excluding carboxylic acids is 2. The number of benzene rings is 3. The summed E-state index contributed by atoms with van der Waals surface area (Å²) in [5, 5.41) is 2.81. The quantitative estimate of drug-likeness (QED) is 0.472. The summed E-state index contributed by atoms with van der Waals surface area (Å²) in [4.78, 5) is 27.6. The molecule has 2 aliphatic rings. The average molecular weight is 536 g/mol. The molecule has 2 amide bonds. The van der Waals surface area contributed by atoms with Gasteiger partial charge in [-0.25, -0.2) is 8.42 Å². The van der Waals surface area contributed by atoms with Crippen LogP contribution in [0.3, 0.4) is 0 Å². The lowest BCUT2D eigenvalue weighted by Gasteiger charge is -2.18. The highest BCUT2D eigenvalue weighted by Crippen LogP contribution is 2.32. The lowest BCUT2D eigenvalue weighted by atomic mass is 10.1. The maximum absolute atomic E-state index is 13.1. The first-order chi connectivity index (χ1) is 18.3. The van der Waals surface area contributed by atoms with E-state index in [1.165, 1.54) is 16.4 Å². The molecule has 1 N–H and O–H groups in total. The third kappa shape index (κ3) is 5.36. The Morgan fingerprint density at radius 1 is 0.895 bits per heavy atom. The minimum absolute atomic E-state index is 0.117. The molecule has 1 saturated heterocycles. The number of anilines is 2. The third-order valence-electron chi connectivity index (χ3n) is 6.74. The van der Waals surface area contributed by atoms with Crippen LogP contribution in [0.5, 0.6) is 11.5 Å². The van der Waals surface area contributed by atoms with E-state index in [0.29, 0.717) is 42.4 Å². The topological polar surface area (TPSA) is 105 Å². The molecule has 0 aromatic heterocycles. The molecule has 198 valence electrons. The maximum Gasteiger partial charge on any atom is 0.262 e. The molecule has 5 rings (SSSR count). The van der Waals surface area contributed by atoms with E-state index in [0.717, 1.165) is 30.5 Å². The summed E-state index contributed by atoms with van der Waals surface area (Å²) < 4.78 is 37.5. The van der Waals surface area contributed by atoms with Crippen molar-refractivity contribution in [1.82, 2.24) is 4.31 Å². The minimum Gasteiger partial charge on any atom is -0.497 e. The fourth-order valence-corrected chi connectivity index (χ4v) is 6.21. The van der Waals surface area contributed by atoms with Crippen LogP contribution in [0.25, 0.3) is 0 Å². The number of amides is 2. The molecule has 0 saturated carbocycles. The molecule has 3 aromatic rings. The Kier molecular flexibility index (Phi) is 7.35. The Bertz CT molecular complexity index is 1430. The predicted molar refractivity (Wildman–Crippen MR) is 143 cm³/mol. The number of fused-ring (bicyclic) bond motifs is 1. The van der Waals surface area contributed by atoms with Gasteiger partial charge in [-0.1, -0.05) is 6.07 Å². The molecule has 0 aliphatic carbocycles. The van der Waals surface area contributed by atoms with E-state index in [9.17, 15) is 18.0 Å². The van der Waals surface area contributed by atoms with Crippen LogP contribution < -0.4 is 19.7 Å². The average Bonchev–Trinajstić information content (AvgIpc) is 3.63. The highest BCUT2D eigenvalue weighted by atomic mass is 32.2. The van der Waals surface area contributed by atoms with Crippen molar-refractivity contribution >= 4 is 33.2 Å². The molecule has 2 aliphatic heterocycles. The number of carbonyl (C=O) groups is 2. The number of sulfonamides is 1. The van der Waals surface area contributed by atoms with Crippen LogP contribution in [0.15, 0.2) is 71.6 Å². The zero-order chi connectivity index (χ0) is 26.7. The molecule has 9 nitrogen and oxygen atoms in total. The molecule has 1 fully saturated rings. The van der Waals surface area contributed by atoms with Gasteiger partial charge in [-0.05, 0) is 85.5 Å². The largest absolute Gasteiger partial charge is 0.497 e. The number of nitrogens with zero attached hydrogens (tertiary/aromatic N) is 2. The van der Waals surface area contributed by atoms with Crippen LogP contribution in [0.2, 0.25) is 0 Å². The van der Waals surface area contributed by atoms with Gasteiger partial charge >= 0.3 is 0 Å². The number of hydrogen-bond donors (Lipinski definition) is 1. The van der Waals surface area contributed by atoms with Crippen molar-refractivity contribution in [2.45, 2.75) is 24.2 Å². The van der Waals surface area contributed by atoms with Crippen LogP contribution in [0, 0.1) is 0 Å². The number of nitrogens with one attached hydrogen (secondary N) is 1. The smallest absolute Gasteiger partial charge is 0.262 e. The van der Waals surface area contributed by atoms with Crippen molar-refractivity contribution in [3.8, 4) is 11.5 Å². The number of rotatable bonds is 8. The Labute approximate surface area is 222 Å². The predicted octanol–water partition coefficient (Wildman–Crippen LogP) is 3.70. The Balaban J connectivity index is 1.19. The summed E-state index contributed by atoms with van der Waals surface area (Å²) in [7, 11) is -1.92. The number of methoxy groups -OCH3 is 1. The second-order valence-electron chi connectivity index (χ2n) is 9.20. The van der Waals surface area contributed by atoms with E-state index in [1.54, 1.807) is 60.5 Å². The summed E-state index contributed by atoms with van der Waals surface area (Å²) in [6, 6.07) is 18.6. The lowest BCUT2D eigenvalue weighted by molar-refractivity contribution is -0.118. The molecule has 0 radical (unpaired) electrons. The van der Waals surface area contributed by atoms with E-state index in [1.807, 2.05) is 6.07 Å². The highest BCUT2D eigenvalue weighted by Gasteiger charge is 2.28. The molecular weight excluding hydrogens is 506 g/mol. The third-order valence-corrected chi connectivity index (χ3v) is 8.66. The van der Waals surface area contributed by atoms with Crippen molar-refractivity contribution in [1.29, 1.82) is 0 Å². The SMILES string of the molecule is COc1ccc(C(=O)N2CCc3ccc(NC(=O)COc4ccc(S(=O)(=O)N5CCCC5)cc4)cc32)cc1. The van der Waals surface area contributed by atoms with E-state index in [4.69, 9.17) is 9.47 Å². The van der Waals surface area contributed by atoms with E-state index < -0.39 is 10.0 Å². The van der Waals surface area contributed by atoms with Crippen molar-refractivity contribution in [3.05, 3.63) is 77.9 Å². The van der Waals surface area contributed by atoms with Gasteiger partial charge in [-0.3, -0.25) is 9.59 Å². The summed E-state index contributed by atoms with van der Waals surface area (Å²) in [6.45, 7) is 1.39. The number of ether oxygens (including phenoxy) is 2. The Morgan fingerprint density at radius 2 is 1.58 bits per heavy atom. The molecular formula is C28H29N3O6S. The number of hydrogen-bond acceptors (Lipinski definition) is 6. The standard InChI is InChI=1S/C28H29N3O6S/c1-36-23-8-5-21(6-9-23)28(33)31-17-14-20-4-7-22(18-26(20)31)29-27(32)19-37-24-10-12-25(13-11-24)38(34,35)30-15-2-3-16-30/h4-13,18H,2-3,14-17,19H2,1H3,(H,29,32). The fraction of sp³-hybridized carbons (Fsp3) is 0.286. The molecule has 0 bridgehead atoms. The van der Waals surface area contributed by atoms with E-state index in [-0.39, 0.29) is 23.3 Å². The minimum atomic E-state index is -3.50. The van der Waals surface area contributed by atoms with Crippen LogP contribution in [-0.4, -0.2) is 57.9 Å². The summed E-state index contributed by atoms with van der Waals surface area (Å²) >= 11 is 0. The van der Waals surface area contributed by atoms with Gasteiger partial charge in [0.15, 0.2) is 6.61 Å². The normalized spacial score (nSPS) is 15.2. The molecule has 0 atom stereocenters. The van der Waals surface area contributed by atoms with Gasteiger partial charge in [0.05, 0.1) is 12.0 Å². The van der Waals surface area contributed by atoms with E-state index in [2.05, 4.69) is 5.32 Å². The van der Waals surface area contributed by atoms with E-state index >= 15 is 0 Å². The van der Waals surface area contributed by atoms with Crippen LogP contribution in [0.4, 0.5) is 11.4 Å². The monoisotopic (exact) mass is 535 g/mol. The van der Waals surface area contributed by atoms with Crippen LogP contribution in [-0.2, 0) is 21.2 Å². The lowest BCUT2D eigenvalue weighted by Crippen LogP contribution is -2.29. The van der Waals surface area contributed by atoms with Crippen molar-refractivity contribution in [2.24, 2.45) is 0 Å². The van der Waals surface area contributed by atoms with Gasteiger partial charge < -0.3 is 19.7 Å². The van der Waals surface area contributed by atoms with Crippen LogP contribution >= 0.6 is 0 Å². The molecule has 3 aromatic carbocycles. The molecule has 10 heteroatoms. The van der Waals surface area contributed by atoms with Crippen LogP contribution in [0.1, 0.15) is 28.8 Å². The second-order valence-corrected chi connectivity index (χ2v) is 11.1. The van der Waals surface area contributed by atoms with Gasteiger partial charge in [-0.15, -0.1) is 0 Å². The summed E-state index contributed by atoms with van der Waals surface area (Å²) in [5.74, 6) is 0.586. The Hall–Kier alpha value is -3.89. The van der Waals surface area contributed by atoms with Gasteiger partial charge in [0.2, 0.25) is 10.0 Å². The molecule has 0 spiro atoms. The fourth-order valence-electron chi connectivity index (χ4n) is 4.69. The second kappa shape index (κ2) is 10.8. The Morgan fingerprint density at radius 3 is 2.26 bits per heavy atom. The van der Waals surface area contributed by atoms with Crippen molar-refractivity contribution < 1.29 is 27.5 Å². The first kappa shape index (κ1) is 25.7. The zero-order valence-corrected chi connectivity index (χ0v) is 21.9. The van der Waals surface area contributed by atoms with Gasteiger partial charge in [0.25, 0.3) is 11.8 Å². The molecule has 0 unspecified atom stereocenters. The summed E-state index contributed by atoms with van der Waals surface area (Å²) in [6.07, 6.45) is 2.48. The first-order valence-electron chi connectivity index (χ1n) is 12.5. The first-order valence-corrected chi connectivity index (χ1v) is 13.9. The maximum atomic E-state index is 13.1. The summed E-state index contributed by atoms with van der Waals surface area (Å²) in [5.41, 5.74) is 2.91. The highest BCUT2D eigenvalue weighted by molar-refractivity contribution is 7.89. The molecule has 38 heavy (non-hydrogen) atoms.